The van der Waals surface area contributed by atoms with E-state index in [9.17, 15) is 4.79 Å². The van der Waals surface area contributed by atoms with Crippen LogP contribution in [0.4, 0.5) is 0 Å². The molecule has 0 aliphatic rings. The van der Waals surface area contributed by atoms with Crippen LogP contribution in [0.2, 0.25) is 0 Å². The zero-order chi connectivity index (χ0) is 15.8. The summed E-state index contributed by atoms with van der Waals surface area (Å²) < 4.78 is 5.38. The van der Waals surface area contributed by atoms with E-state index in [1.54, 1.807) is 11.3 Å². The topological polar surface area (TPSA) is 51.2 Å². The summed E-state index contributed by atoms with van der Waals surface area (Å²) in [5.41, 5.74) is 2.09. The van der Waals surface area contributed by atoms with Crippen molar-refractivity contribution < 1.29 is 9.53 Å². The lowest BCUT2D eigenvalue weighted by Crippen LogP contribution is -2.28. The van der Waals surface area contributed by atoms with Gasteiger partial charge in [0.05, 0.1) is 18.4 Å². The summed E-state index contributed by atoms with van der Waals surface area (Å²) in [4.78, 5) is 16.3. The van der Waals surface area contributed by atoms with Gasteiger partial charge in [-0.1, -0.05) is 30.3 Å². The average Bonchev–Trinajstić information content (AvgIpc) is 2.99. The molecule has 2 rings (SSSR count). The molecule has 0 radical (unpaired) electrons. The second kappa shape index (κ2) is 8.66. The molecular formula is C17H22N2O2S. The van der Waals surface area contributed by atoms with E-state index < -0.39 is 0 Å². The fraction of sp³-hybridized carbons (Fsp3) is 0.412. The molecule has 0 unspecified atom stereocenters. The van der Waals surface area contributed by atoms with Gasteiger partial charge in [-0.25, -0.2) is 4.98 Å². The zero-order valence-electron chi connectivity index (χ0n) is 13.0. The van der Waals surface area contributed by atoms with Gasteiger partial charge < -0.3 is 10.1 Å². The number of nitrogens with one attached hydrogen (secondary N) is 1. The summed E-state index contributed by atoms with van der Waals surface area (Å²) in [6.07, 6.45) is 1.32. The Kier molecular flexibility index (Phi) is 6.55. The average molecular weight is 318 g/mol. The van der Waals surface area contributed by atoms with E-state index in [1.165, 1.54) is 0 Å². The van der Waals surface area contributed by atoms with Gasteiger partial charge >= 0.3 is 0 Å². The first kappa shape index (κ1) is 16.6. The SMILES string of the molecule is CC(C)OCCNC(=O)CCc1csc(-c2ccccc2)n1. The monoisotopic (exact) mass is 318 g/mol. The highest BCUT2D eigenvalue weighted by Crippen LogP contribution is 2.23. The Morgan fingerprint density at radius 2 is 2.09 bits per heavy atom. The molecule has 0 fully saturated rings. The number of benzene rings is 1. The van der Waals surface area contributed by atoms with Crippen LogP contribution in [0.3, 0.4) is 0 Å². The Bertz CT molecular complexity index is 581. The normalized spacial score (nSPS) is 10.9. The quantitative estimate of drug-likeness (QED) is 0.760. The minimum atomic E-state index is 0.0432. The van der Waals surface area contributed by atoms with E-state index in [0.29, 0.717) is 26.0 Å². The van der Waals surface area contributed by atoms with Crippen molar-refractivity contribution in [1.29, 1.82) is 0 Å². The van der Waals surface area contributed by atoms with E-state index in [0.717, 1.165) is 16.3 Å². The van der Waals surface area contributed by atoms with Crippen molar-refractivity contribution in [3.63, 3.8) is 0 Å². The third-order valence-electron chi connectivity index (χ3n) is 3.06. The zero-order valence-corrected chi connectivity index (χ0v) is 13.9. The molecule has 1 aromatic heterocycles. The predicted molar refractivity (Wildman–Crippen MR) is 90.0 cm³/mol. The van der Waals surface area contributed by atoms with Crippen molar-refractivity contribution in [3.8, 4) is 10.6 Å². The lowest BCUT2D eigenvalue weighted by atomic mass is 10.2. The van der Waals surface area contributed by atoms with Gasteiger partial charge in [-0.15, -0.1) is 11.3 Å². The van der Waals surface area contributed by atoms with Gasteiger partial charge in [-0.05, 0) is 20.3 Å². The van der Waals surface area contributed by atoms with Crippen LogP contribution in [-0.4, -0.2) is 30.1 Å². The second-order valence-corrected chi connectivity index (χ2v) is 6.14. The number of hydrogen-bond acceptors (Lipinski definition) is 4. The van der Waals surface area contributed by atoms with Gasteiger partial charge in [-0.3, -0.25) is 4.79 Å². The number of nitrogens with zero attached hydrogens (tertiary/aromatic N) is 1. The van der Waals surface area contributed by atoms with Crippen LogP contribution >= 0.6 is 11.3 Å². The molecule has 2 aromatic rings. The molecule has 0 aliphatic carbocycles. The number of thiazole rings is 1. The maximum Gasteiger partial charge on any atom is 0.220 e. The van der Waals surface area contributed by atoms with Crippen LogP contribution < -0.4 is 5.32 Å². The molecule has 0 saturated heterocycles. The summed E-state index contributed by atoms with van der Waals surface area (Å²) in [6, 6.07) is 10.1. The van der Waals surface area contributed by atoms with Crippen molar-refractivity contribution >= 4 is 17.2 Å². The fourth-order valence-electron chi connectivity index (χ4n) is 1.95. The van der Waals surface area contributed by atoms with E-state index in [4.69, 9.17) is 4.74 Å². The van der Waals surface area contributed by atoms with E-state index >= 15 is 0 Å². The second-order valence-electron chi connectivity index (χ2n) is 5.28. The minimum absolute atomic E-state index is 0.0432. The Balaban J connectivity index is 1.73. The molecule has 4 nitrogen and oxygen atoms in total. The minimum Gasteiger partial charge on any atom is -0.377 e. The lowest BCUT2D eigenvalue weighted by molar-refractivity contribution is -0.121. The van der Waals surface area contributed by atoms with Crippen LogP contribution in [0.15, 0.2) is 35.7 Å². The molecule has 1 N–H and O–H groups in total. The van der Waals surface area contributed by atoms with Gasteiger partial charge in [0.1, 0.15) is 5.01 Å². The molecule has 0 bridgehead atoms. The molecule has 5 heteroatoms. The number of hydrogen-bond donors (Lipinski definition) is 1. The lowest BCUT2D eigenvalue weighted by Gasteiger charge is -2.08. The summed E-state index contributed by atoms with van der Waals surface area (Å²) in [6.45, 7) is 5.07. The van der Waals surface area contributed by atoms with Gasteiger partial charge in [0.25, 0.3) is 0 Å². The van der Waals surface area contributed by atoms with Crippen molar-refractivity contribution in [2.45, 2.75) is 32.8 Å². The number of aromatic nitrogens is 1. The fourth-order valence-corrected chi connectivity index (χ4v) is 2.81. The van der Waals surface area contributed by atoms with Crippen LogP contribution in [0.25, 0.3) is 10.6 Å². The molecule has 0 atom stereocenters. The number of amides is 1. The van der Waals surface area contributed by atoms with Gasteiger partial charge in [-0.2, -0.15) is 0 Å². The highest BCUT2D eigenvalue weighted by molar-refractivity contribution is 7.13. The summed E-state index contributed by atoms with van der Waals surface area (Å²) >= 11 is 1.62. The third kappa shape index (κ3) is 5.58. The van der Waals surface area contributed by atoms with E-state index in [2.05, 4.69) is 10.3 Å². The van der Waals surface area contributed by atoms with Gasteiger partial charge in [0.2, 0.25) is 5.91 Å². The first-order valence-corrected chi connectivity index (χ1v) is 8.41. The molecule has 0 aliphatic heterocycles. The molecule has 0 saturated carbocycles. The van der Waals surface area contributed by atoms with Crippen LogP contribution in [0, 0.1) is 0 Å². The van der Waals surface area contributed by atoms with Crippen molar-refractivity contribution in [2.24, 2.45) is 0 Å². The summed E-state index contributed by atoms with van der Waals surface area (Å²) in [5.74, 6) is 0.0432. The molecule has 118 valence electrons. The number of ether oxygens (including phenoxy) is 1. The molecule has 0 spiro atoms. The van der Waals surface area contributed by atoms with Crippen LogP contribution in [0.1, 0.15) is 26.0 Å². The Morgan fingerprint density at radius 1 is 1.32 bits per heavy atom. The van der Waals surface area contributed by atoms with Crippen molar-refractivity contribution in [2.75, 3.05) is 13.2 Å². The highest BCUT2D eigenvalue weighted by Gasteiger charge is 2.07. The Labute approximate surface area is 135 Å². The molecular weight excluding hydrogens is 296 g/mol. The number of carbonyl (C=O) groups excluding carboxylic acids is 1. The summed E-state index contributed by atoms with van der Waals surface area (Å²) in [7, 11) is 0. The largest absolute Gasteiger partial charge is 0.377 e. The van der Waals surface area contributed by atoms with E-state index in [1.807, 2.05) is 49.6 Å². The predicted octanol–water partition coefficient (Wildman–Crippen LogP) is 3.28. The maximum absolute atomic E-state index is 11.7. The molecule has 1 aromatic carbocycles. The van der Waals surface area contributed by atoms with Crippen LogP contribution in [-0.2, 0) is 16.0 Å². The van der Waals surface area contributed by atoms with Gasteiger partial charge in [0, 0.05) is 23.9 Å². The van der Waals surface area contributed by atoms with Gasteiger partial charge in [0.15, 0.2) is 0 Å². The number of carbonyl (C=O) groups is 1. The summed E-state index contributed by atoms with van der Waals surface area (Å²) in [5, 5.41) is 5.88. The number of rotatable bonds is 8. The molecule has 1 amide bonds. The Hall–Kier alpha value is -1.72. The Morgan fingerprint density at radius 3 is 2.82 bits per heavy atom. The highest BCUT2D eigenvalue weighted by atomic mass is 32.1. The standard InChI is InChI=1S/C17H22N2O2S/c1-13(2)21-11-10-18-16(20)9-8-15-12-22-17(19-15)14-6-4-3-5-7-14/h3-7,12-13H,8-11H2,1-2H3,(H,18,20). The third-order valence-corrected chi connectivity index (χ3v) is 4.00. The van der Waals surface area contributed by atoms with E-state index in [-0.39, 0.29) is 12.0 Å². The van der Waals surface area contributed by atoms with Crippen molar-refractivity contribution in [1.82, 2.24) is 10.3 Å². The molecule has 22 heavy (non-hydrogen) atoms. The first-order valence-electron chi connectivity index (χ1n) is 7.53. The first-order chi connectivity index (χ1) is 10.6. The molecule has 1 heterocycles. The van der Waals surface area contributed by atoms with Crippen molar-refractivity contribution in [3.05, 3.63) is 41.4 Å². The number of aryl methyl sites for hydroxylation is 1. The smallest absolute Gasteiger partial charge is 0.220 e. The van der Waals surface area contributed by atoms with Crippen LogP contribution in [0.5, 0.6) is 0 Å². The maximum atomic E-state index is 11.7.